The number of hydrogen-bond donors (Lipinski definition) is 1. The Bertz CT molecular complexity index is 319. The van der Waals surface area contributed by atoms with Crippen LogP contribution in [-0.2, 0) is 0 Å². The highest BCUT2D eigenvalue weighted by molar-refractivity contribution is 5.41. The summed E-state index contributed by atoms with van der Waals surface area (Å²) in [6, 6.07) is 3.14. The maximum Gasteiger partial charge on any atom is 0.165 e. The average Bonchev–Trinajstić information content (AvgIpc) is 2.48. The fourth-order valence-electron chi connectivity index (χ4n) is 1.77. The number of halogens is 1. The Morgan fingerprint density at radius 1 is 1.57 bits per heavy atom. The van der Waals surface area contributed by atoms with Crippen molar-refractivity contribution < 1.29 is 4.39 Å². The molecule has 0 saturated carbocycles. The van der Waals surface area contributed by atoms with Crippen LogP contribution in [0.4, 0.5) is 10.2 Å². The van der Waals surface area contributed by atoms with Crippen molar-refractivity contribution >= 4 is 5.82 Å². The van der Waals surface area contributed by atoms with E-state index >= 15 is 0 Å². The molecule has 0 aliphatic carbocycles. The molecule has 76 valence electrons. The van der Waals surface area contributed by atoms with Gasteiger partial charge in [0.1, 0.15) is 0 Å². The fraction of sp³-hybridized carbons (Fsp3) is 0.500. The Hall–Kier alpha value is -1.16. The Labute approximate surface area is 82.7 Å². The number of pyridine rings is 1. The number of rotatable bonds is 1. The third-order valence-corrected chi connectivity index (χ3v) is 2.71. The minimum Gasteiger partial charge on any atom is -0.352 e. The second-order valence-corrected chi connectivity index (χ2v) is 3.85. The molecule has 1 saturated heterocycles. The van der Waals surface area contributed by atoms with E-state index < -0.39 is 0 Å². The van der Waals surface area contributed by atoms with E-state index in [1.54, 1.807) is 12.3 Å². The molecule has 2 rings (SSSR count). The van der Waals surface area contributed by atoms with Gasteiger partial charge in [-0.3, -0.25) is 0 Å². The summed E-state index contributed by atoms with van der Waals surface area (Å²) in [5.74, 6) is 0.553. The van der Waals surface area contributed by atoms with Gasteiger partial charge >= 0.3 is 0 Å². The molecule has 2 N–H and O–H groups in total. The number of aromatic nitrogens is 1. The second-order valence-electron chi connectivity index (χ2n) is 3.85. The van der Waals surface area contributed by atoms with Crippen LogP contribution in [0.2, 0.25) is 0 Å². The van der Waals surface area contributed by atoms with E-state index in [4.69, 9.17) is 5.73 Å². The normalized spacial score (nSPS) is 26.9. The molecule has 0 amide bonds. The summed E-state index contributed by atoms with van der Waals surface area (Å²) < 4.78 is 13.4. The van der Waals surface area contributed by atoms with Crippen LogP contribution in [0.15, 0.2) is 18.3 Å². The standard InChI is InChI=1S/C10H14FN3/c1-7-5-14(6-9(7)12)10-8(11)3-2-4-13-10/h2-4,7,9H,5-6,12H2,1H3. The van der Waals surface area contributed by atoms with Gasteiger partial charge in [0, 0.05) is 25.3 Å². The largest absolute Gasteiger partial charge is 0.352 e. The van der Waals surface area contributed by atoms with E-state index in [1.165, 1.54) is 6.07 Å². The van der Waals surface area contributed by atoms with Crippen LogP contribution >= 0.6 is 0 Å². The highest BCUT2D eigenvalue weighted by Gasteiger charge is 2.28. The molecule has 14 heavy (non-hydrogen) atoms. The van der Waals surface area contributed by atoms with Gasteiger partial charge in [-0.1, -0.05) is 6.92 Å². The first-order chi connectivity index (χ1) is 6.68. The zero-order chi connectivity index (χ0) is 10.1. The summed E-state index contributed by atoms with van der Waals surface area (Å²) in [6.45, 7) is 3.55. The zero-order valence-electron chi connectivity index (χ0n) is 8.15. The molecule has 1 aromatic heterocycles. The van der Waals surface area contributed by atoms with Crippen molar-refractivity contribution in [3.05, 3.63) is 24.1 Å². The molecule has 0 radical (unpaired) electrons. The maximum absolute atomic E-state index is 13.4. The molecule has 2 heterocycles. The minimum atomic E-state index is -0.270. The van der Waals surface area contributed by atoms with Gasteiger partial charge in [0.05, 0.1) is 0 Å². The summed E-state index contributed by atoms with van der Waals surface area (Å²) in [4.78, 5) is 5.93. The first kappa shape index (κ1) is 9.40. The molecule has 0 spiro atoms. The number of nitrogens with two attached hydrogens (primary N) is 1. The smallest absolute Gasteiger partial charge is 0.165 e. The molecule has 1 aliphatic heterocycles. The maximum atomic E-state index is 13.4. The Morgan fingerprint density at radius 2 is 2.36 bits per heavy atom. The van der Waals surface area contributed by atoms with Gasteiger partial charge in [0.2, 0.25) is 0 Å². The van der Waals surface area contributed by atoms with Crippen molar-refractivity contribution in [1.82, 2.24) is 4.98 Å². The van der Waals surface area contributed by atoms with E-state index in [0.29, 0.717) is 18.3 Å². The molecule has 2 unspecified atom stereocenters. The second kappa shape index (κ2) is 3.53. The van der Waals surface area contributed by atoms with Crippen molar-refractivity contribution in [1.29, 1.82) is 0 Å². The average molecular weight is 195 g/mol. The molecule has 3 nitrogen and oxygen atoms in total. The summed E-state index contributed by atoms with van der Waals surface area (Å²) in [7, 11) is 0. The highest BCUT2D eigenvalue weighted by atomic mass is 19.1. The lowest BCUT2D eigenvalue weighted by atomic mass is 10.1. The number of anilines is 1. The third-order valence-electron chi connectivity index (χ3n) is 2.71. The summed E-state index contributed by atoms with van der Waals surface area (Å²) >= 11 is 0. The van der Waals surface area contributed by atoms with Crippen molar-refractivity contribution in [3.8, 4) is 0 Å². The molecule has 1 aliphatic rings. The van der Waals surface area contributed by atoms with Crippen LogP contribution in [0.5, 0.6) is 0 Å². The lowest BCUT2D eigenvalue weighted by Crippen LogP contribution is -2.29. The lowest BCUT2D eigenvalue weighted by molar-refractivity contribution is 0.565. The fourth-order valence-corrected chi connectivity index (χ4v) is 1.77. The molecule has 1 aromatic rings. The molecule has 1 fully saturated rings. The Kier molecular flexibility index (Phi) is 2.37. The quantitative estimate of drug-likeness (QED) is 0.727. The molecular weight excluding hydrogens is 181 g/mol. The zero-order valence-corrected chi connectivity index (χ0v) is 8.15. The summed E-state index contributed by atoms with van der Waals surface area (Å²) in [6.07, 6.45) is 1.60. The van der Waals surface area contributed by atoms with Gasteiger partial charge in [-0.2, -0.15) is 0 Å². The molecular formula is C10H14FN3. The van der Waals surface area contributed by atoms with E-state index in [9.17, 15) is 4.39 Å². The number of nitrogens with zero attached hydrogens (tertiary/aromatic N) is 2. The van der Waals surface area contributed by atoms with Gasteiger partial charge in [-0.25, -0.2) is 9.37 Å². The lowest BCUT2D eigenvalue weighted by Gasteiger charge is -2.16. The Balaban J connectivity index is 2.21. The van der Waals surface area contributed by atoms with Gasteiger partial charge < -0.3 is 10.6 Å². The molecule has 0 bridgehead atoms. The summed E-state index contributed by atoms with van der Waals surface area (Å²) in [5.41, 5.74) is 5.86. The monoisotopic (exact) mass is 195 g/mol. The van der Waals surface area contributed by atoms with Gasteiger partial charge in [-0.15, -0.1) is 0 Å². The summed E-state index contributed by atoms with van der Waals surface area (Å²) in [5, 5.41) is 0. The van der Waals surface area contributed by atoms with E-state index in [2.05, 4.69) is 11.9 Å². The first-order valence-electron chi connectivity index (χ1n) is 4.79. The van der Waals surface area contributed by atoms with Gasteiger partial charge in [0.15, 0.2) is 11.6 Å². The minimum absolute atomic E-state index is 0.122. The van der Waals surface area contributed by atoms with Crippen LogP contribution < -0.4 is 10.6 Å². The predicted octanol–water partition coefficient (Wildman–Crippen LogP) is 1.00. The number of hydrogen-bond acceptors (Lipinski definition) is 3. The van der Waals surface area contributed by atoms with Gasteiger partial charge in [-0.05, 0) is 18.1 Å². The van der Waals surface area contributed by atoms with Crippen LogP contribution in [0.25, 0.3) is 0 Å². The van der Waals surface area contributed by atoms with E-state index in [0.717, 1.165) is 6.54 Å². The predicted molar refractivity (Wildman–Crippen MR) is 53.5 cm³/mol. The van der Waals surface area contributed by atoms with Crippen LogP contribution in [0, 0.1) is 11.7 Å². The molecule has 2 atom stereocenters. The Morgan fingerprint density at radius 3 is 2.93 bits per heavy atom. The van der Waals surface area contributed by atoms with Crippen LogP contribution in [0.3, 0.4) is 0 Å². The van der Waals surface area contributed by atoms with Crippen LogP contribution in [0.1, 0.15) is 6.92 Å². The van der Waals surface area contributed by atoms with Crippen molar-refractivity contribution in [3.63, 3.8) is 0 Å². The highest BCUT2D eigenvalue weighted by Crippen LogP contribution is 2.22. The van der Waals surface area contributed by atoms with E-state index in [-0.39, 0.29) is 11.9 Å². The topological polar surface area (TPSA) is 42.2 Å². The van der Waals surface area contributed by atoms with Crippen molar-refractivity contribution in [2.24, 2.45) is 11.7 Å². The SMILES string of the molecule is CC1CN(c2ncccc2F)CC1N. The van der Waals surface area contributed by atoms with Gasteiger partial charge in [0.25, 0.3) is 0 Å². The van der Waals surface area contributed by atoms with Crippen molar-refractivity contribution in [2.75, 3.05) is 18.0 Å². The molecule has 0 aromatic carbocycles. The first-order valence-corrected chi connectivity index (χ1v) is 4.79. The third kappa shape index (κ3) is 1.57. The van der Waals surface area contributed by atoms with E-state index in [1.807, 2.05) is 4.90 Å². The van der Waals surface area contributed by atoms with Crippen LogP contribution in [-0.4, -0.2) is 24.1 Å². The van der Waals surface area contributed by atoms with Crippen molar-refractivity contribution in [2.45, 2.75) is 13.0 Å². The molecule has 4 heteroatoms.